The van der Waals surface area contributed by atoms with Gasteiger partial charge in [0, 0.05) is 16.6 Å². The van der Waals surface area contributed by atoms with Gasteiger partial charge in [-0.2, -0.15) is 0 Å². The van der Waals surface area contributed by atoms with Crippen molar-refractivity contribution in [1.82, 2.24) is 4.98 Å². The van der Waals surface area contributed by atoms with Crippen molar-refractivity contribution in [2.24, 2.45) is 0 Å². The highest BCUT2D eigenvalue weighted by molar-refractivity contribution is 7.13. The Bertz CT molecular complexity index is 1450. The van der Waals surface area contributed by atoms with E-state index >= 15 is 0 Å². The van der Waals surface area contributed by atoms with E-state index in [1.54, 1.807) is 0 Å². The monoisotopic (exact) mass is 421 g/mol. The van der Waals surface area contributed by atoms with Crippen molar-refractivity contribution in [2.45, 2.75) is 45.0 Å². The maximum atomic E-state index is 12.7. The van der Waals surface area contributed by atoms with E-state index in [0.717, 1.165) is 11.3 Å². The van der Waals surface area contributed by atoms with Gasteiger partial charge in [0.25, 0.3) is 0 Å². The van der Waals surface area contributed by atoms with Crippen LogP contribution < -0.4 is 11.1 Å². The molecule has 1 amide bonds. The SMILES string of the molecule is [2H]c1c([2H])c(C)c([2H])c([C@@H](O)C([2H])([2H])CCCc2c([2H])c([2H])c(NC(=O)C([2H])([2H])c3csc(N)n3)c([2H])c2[2H])c1[2H]. The van der Waals surface area contributed by atoms with Crippen LogP contribution in [-0.2, 0) is 17.6 Å². The lowest BCUT2D eigenvalue weighted by Crippen LogP contribution is -2.14. The third kappa shape index (κ3) is 6.69. The smallest absolute Gasteiger partial charge is 0.230 e. The number of nitrogens with zero attached hydrogens (tertiary/aromatic N) is 1. The highest BCUT2D eigenvalue weighted by Crippen LogP contribution is 2.21. The van der Waals surface area contributed by atoms with Crippen LogP contribution >= 0.6 is 11.3 Å². The molecule has 152 valence electrons. The molecule has 0 spiro atoms. The maximum absolute atomic E-state index is 12.7. The third-order valence-electron chi connectivity index (χ3n) is 3.66. The molecule has 0 aliphatic rings. The van der Waals surface area contributed by atoms with Gasteiger partial charge in [0.05, 0.1) is 29.1 Å². The Morgan fingerprint density at radius 1 is 1.31 bits per heavy atom. The lowest BCUT2D eigenvalue weighted by molar-refractivity contribution is -0.115. The van der Waals surface area contributed by atoms with Crippen LogP contribution in [0.5, 0.6) is 0 Å². The van der Waals surface area contributed by atoms with Crippen LogP contribution in [0, 0.1) is 6.92 Å². The van der Waals surface area contributed by atoms with Crippen LogP contribution in [-0.4, -0.2) is 16.0 Å². The number of thiazole rings is 1. The summed E-state index contributed by atoms with van der Waals surface area (Å²) in [5.41, 5.74) is 4.20. The van der Waals surface area contributed by atoms with Gasteiger partial charge < -0.3 is 16.2 Å². The number of benzene rings is 2. The molecule has 5 nitrogen and oxygen atoms in total. The van der Waals surface area contributed by atoms with E-state index in [-0.39, 0.29) is 47.3 Å². The summed E-state index contributed by atoms with van der Waals surface area (Å²) in [6.07, 6.45) is -7.69. The van der Waals surface area contributed by atoms with Crippen molar-refractivity contribution in [1.29, 1.82) is 0 Å². The fourth-order valence-corrected chi connectivity index (χ4v) is 2.83. The van der Waals surface area contributed by atoms with E-state index in [9.17, 15) is 9.90 Å². The molecule has 6 heteroatoms. The van der Waals surface area contributed by atoms with Gasteiger partial charge in [-0.05, 0) is 49.4 Å². The number of aliphatic hydroxyl groups is 1. The number of carbonyl (C=O) groups excluding carboxylic acids is 1. The number of anilines is 2. The number of nitrogen functional groups attached to an aromatic ring is 1. The summed E-state index contributed by atoms with van der Waals surface area (Å²) in [6, 6.07) is -4.26. The summed E-state index contributed by atoms with van der Waals surface area (Å²) in [5, 5.41) is 14.1. The molecule has 3 aromatic rings. The third-order valence-corrected chi connectivity index (χ3v) is 4.34. The van der Waals surface area contributed by atoms with E-state index in [4.69, 9.17) is 22.2 Å². The number of nitrogens with two attached hydrogens (primary N) is 1. The molecular weight excluding hydrogens is 382 g/mol. The van der Waals surface area contributed by atoms with E-state index in [1.807, 2.05) is 0 Å². The summed E-state index contributed by atoms with van der Waals surface area (Å²) in [4.78, 5) is 16.4. The molecule has 0 fully saturated rings. The normalized spacial score (nSPS) is 18.8. The van der Waals surface area contributed by atoms with Gasteiger partial charge in [0.15, 0.2) is 5.13 Å². The number of carbonyl (C=O) groups is 1. The van der Waals surface area contributed by atoms with E-state index in [2.05, 4.69) is 10.3 Å². The number of aromatic nitrogens is 1. The number of nitrogens with one attached hydrogen (secondary N) is 1. The molecule has 0 bridgehead atoms. The van der Waals surface area contributed by atoms with Crippen molar-refractivity contribution in [2.75, 3.05) is 11.1 Å². The van der Waals surface area contributed by atoms with Gasteiger partial charge in [-0.15, -0.1) is 11.3 Å². The lowest BCUT2D eigenvalue weighted by atomic mass is 10.00. The fraction of sp³-hybridized carbons (Fsp3) is 0.304. The van der Waals surface area contributed by atoms with Crippen molar-refractivity contribution in [3.05, 3.63) is 76.1 Å². The fourth-order valence-electron chi connectivity index (χ4n) is 2.33. The summed E-state index contributed by atoms with van der Waals surface area (Å²) in [5.74, 6) is -1.27. The van der Waals surface area contributed by atoms with Crippen LogP contribution in [0.3, 0.4) is 0 Å². The Balaban J connectivity index is 1.81. The first-order valence-corrected chi connectivity index (χ1v) is 9.59. The largest absolute Gasteiger partial charge is 0.388 e. The molecule has 0 aliphatic heterocycles. The highest BCUT2D eigenvalue weighted by Gasteiger charge is 2.08. The predicted molar refractivity (Wildman–Crippen MR) is 119 cm³/mol. The molecular formula is C23H27N3O2S. The number of hydrogen-bond donors (Lipinski definition) is 3. The molecule has 0 radical (unpaired) electrons. The molecule has 29 heavy (non-hydrogen) atoms. The van der Waals surface area contributed by atoms with Crippen molar-refractivity contribution in [3.63, 3.8) is 0 Å². The van der Waals surface area contributed by atoms with Crippen molar-refractivity contribution < 1.29 is 26.4 Å². The topological polar surface area (TPSA) is 88.2 Å². The minimum atomic E-state index is -2.68. The average Bonchev–Trinajstić information content (AvgIpc) is 3.36. The predicted octanol–water partition coefficient (Wildman–Crippen LogP) is 4.66. The van der Waals surface area contributed by atoms with Crippen LogP contribution in [0.25, 0.3) is 0 Å². The first-order valence-electron chi connectivity index (χ1n) is 14.7. The number of aliphatic hydroxyl groups excluding tert-OH is 1. The van der Waals surface area contributed by atoms with E-state index in [0.29, 0.717) is 0 Å². The van der Waals surface area contributed by atoms with Gasteiger partial charge in [-0.3, -0.25) is 4.79 Å². The molecule has 3 rings (SSSR count). The van der Waals surface area contributed by atoms with Crippen LogP contribution in [0.1, 0.15) is 64.2 Å². The Kier molecular flexibility index (Phi) is 3.64. The minimum absolute atomic E-state index is 0.0236. The van der Waals surface area contributed by atoms with Crippen LogP contribution in [0.2, 0.25) is 0 Å². The second-order valence-electron chi connectivity index (χ2n) is 6.00. The van der Waals surface area contributed by atoms with Crippen molar-refractivity contribution >= 4 is 28.1 Å². The Morgan fingerprint density at radius 3 is 2.83 bits per heavy atom. The molecule has 0 saturated carbocycles. The number of rotatable bonds is 9. The van der Waals surface area contributed by atoms with E-state index < -0.39 is 78.3 Å². The quantitative estimate of drug-likeness (QED) is 0.469. The first kappa shape index (κ1) is 10.4. The molecule has 0 saturated heterocycles. The zero-order valence-corrected chi connectivity index (χ0v) is 16.4. The zero-order chi connectivity index (χ0) is 31.2. The van der Waals surface area contributed by atoms with Gasteiger partial charge in [0.1, 0.15) is 0 Å². The highest BCUT2D eigenvalue weighted by atomic mass is 32.1. The summed E-state index contributed by atoms with van der Waals surface area (Å²) in [6.45, 7) is 1.37. The second-order valence-corrected chi connectivity index (χ2v) is 6.89. The summed E-state index contributed by atoms with van der Waals surface area (Å²) < 4.78 is 97.9. The van der Waals surface area contributed by atoms with E-state index in [1.165, 1.54) is 12.3 Å². The second kappa shape index (κ2) is 10.2. The lowest BCUT2D eigenvalue weighted by Gasteiger charge is -2.11. The summed E-state index contributed by atoms with van der Waals surface area (Å²) in [7, 11) is 0. The molecule has 1 atom stereocenters. The molecule has 0 aliphatic carbocycles. The average molecular weight is 422 g/mol. The molecule has 0 unspecified atom stereocenters. The molecule has 4 N–H and O–H groups in total. The molecule has 1 heterocycles. The van der Waals surface area contributed by atoms with Gasteiger partial charge >= 0.3 is 0 Å². The Morgan fingerprint density at radius 2 is 2.10 bits per heavy atom. The first-order chi connectivity index (χ1) is 18.8. The maximum Gasteiger partial charge on any atom is 0.230 e. The molecule has 2 aromatic carbocycles. The number of amides is 1. The standard InChI is InChI=1S/C23H27N3O2S/c1-16-5-4-7-18(13-16)21(27)8-3-2-6-17-9-11-19(12-10-17)25-22(28)14-20-15-29-23(24)26-20/h4-5,7,9-13,15,21,27H,2-3,6,8,14H2,1H3,(H2,24,26)(H,25,28)/t21-/m0/s1/i4D,5D,7D,8D2,9D,10D,11D,12D,13D,14D2. The Hall–Kier alpha value is -2.70. The Labute approximate surface area is 192 Å². The van der Waals surface area contributed by atoms with Gasteiger partial charge in [-0.1, -0.05) is 48.2 Å². The van der Waals surface area contributed by atoms with Crippen LogP contribution in [0.4, 0.5) is 10.8 Å². The van der Waals surface area contributed by atoms with Crippen molar-refractivity contribution in [3.8, 4) is 0 Å². The minimum Gasteiger partial charge on any atom is -0.388 e. The van der Waals surface area contributed by atoms with Gasteiger partial charge in [0.2, 0.25) is 5.91 Å². The van der Waals surface area contributed by atoms with Gasteiger partial charge in [-0.25, -0.2) is 4.98 Å². The van der Waals surface area contributed by atoms with Crippen LogP contribution in [0.15, 0.2) is 53.7 Å². The number of hydrogen-bond acceptors (Lipinski definition) is 5. The molecule has 1 aromatic heterocycles. The summed E-state index contributed by atoms with van der Waals surface area (Å²) >= 11 is 0.917. The zero-order valence-electron chi connectivity index (χ0n) is 27.6.